The van der Waals surface area contributed by atoms with Crippen molar-refractivity contribution in [3.63, 3.8) is 0 Å². The topological polar surface area (TPSA) is 29.3 Å². The minimum atomic E-state index is 0.630. The van der Waals surface area contributed by atoms with Crippen LogP contribution in [0.4, 0.5) is 0 Å². The summed E-state index contributed by atoms with van der Waals surface area (Å²) in [5.74, 6) is 0. The van der Waals surface area contributed by atoms with Gasteiger partial charge in [-0.25, -0.2) is 0 Å². The number of hydrogen-bond acceptors (Lipinski definition) is 2. The highest BCUT2D eigenvalue weighted by atomic mass is 32.1. The van der Waals surface area contributed by atoms with E-state index in [1.165, 1.54) is 25.8 Å². The molecule has 1 fully saturated rings. The summed E-state index contributed by atoms with van der Waals surface area (Å²) in [4.78, 5) is 3.02. The molecule has 1 aliphatic rings. The Labute approximate surface area is 73.7 Å². The van der Waals surface area contributed by atoms with Gasteiger partial charge in [-0.3, -0.25) is 4.90 Å². The molecule has 1 heterocycles. The first-order valence-corrected chi connectivity index (χ1v) is 4.67. The van der Waals surface area contributed by atoms with Crippen molar-refractivity contribution in [2.45, 2.75) is 32.2 Å². The molecule has 0 aromatic rings. The number of likely N-dealkylation sites (tertiary alicyclic amines) is 1. The molecule has 0 radical (unpaired) electrons. The Morgan fingerprint density at radius 3 is 3.00 bits per heavy atom. The van der Waals surface area contributed by atoms with E-state index in [0.717, 1.165) is 12.6 Å². The zero-order valence-corrected chi connectivity index (χ0v) is 7.86. The molecule has 1 saturated heterocycles. The van der Waals surface area contributed by atoms with E-state index in [2.05, 4.69) is 11.8 Å². The van der Waals surface area contributed by atoms with Crippen LogP contribution in [0.5, 0.6) is 0 Å². The van der Waals surface area contributed by atoms with E-state index < -0.39 is 0 Å². The predicted octanol–water partition coefficient (Wildman–Crippen LogP) is 1.15. The maximum atomic E-state index is 5.48. The molecule has 0 saturated carbocycles. The Bertz CT molecular complexity index is 147. The third-order valence-electron chi connectivity index (χ3n) is 2.33. The van der Waals surface area contributed by atoms with Gasteiger partial charge in [0.1, 0.15) is 0 Å². The lowest BCUT2D eigenvalue weighted by molar-refractivity contribution is 0.283. The average molecular weight is 172 g/mol. The zero-order chi connectivity index (χ0) is 8.27. The third kappa shape index (κ3) is 2.42. The Morgan fingerprint density at radius 1 is 1.73 bits per heavy atom. The first-order valence-electron chi connectivity index (χ1n) is 4.26. The van der Waals surface area contributed by atoms with Gasteiger partial charge in [0, 0.05) is 12.6 Å². The highest BCUT2D eigenvalue weighted by Crippen LogP contribution is 2.18. The van der Waals surface area contributed by atoms with Crippen LogP contribution < -0.4 is 5.73 Å². The Hall–Kier alpha value is -0.150. The van der Waals surface area contributed by atoms with Crippen molar-refractivity contribution in [2.75, 3.05) is 13.1 Å². The molecule has 1 aliphatic heterocycles. The summed E-state index contributed by atoms with van der Waals surface area (Å²) in [6, 6.07) is 0.733. The summed E-state index contributed by atoms with van der Waals surface area (Å²) in [7, 11) is 0. The molecular weight excluding hydrogens is 156 g/mol. The molecule has 0 amide bonds. The molecule has 0 aliphatic carbocycles. The molecule has 3 heteroatoms. The molecule has 64 valence electrons. The van der Waals surface area contributed by atoms with Crippen molar-refractivity contribution in [1.29, 1.82) is 0 Å². The van der Waals surface area contributed by atoms with Gasteiger partial charge >= 0.3 is 0 Å². The van der Waals surface area contributed by atoms with Gasteiger partial charge in [0.15, 0.2) is 0 Å². The average Bonchev–Trinajstić information content (AvgIpc) is 2.34. The molecule has 2 N–H and O–H groups in total. The Balaban J connectivity index is 2.37. The fourth-order valence-corrected chi connectivity index (χ4v) is 1.93. The van der Waals surface area contributed by atoms with Gasteiger partial charge in [-0.2, -0.15) is 0 Å². The fourth-order valence-electron chi connectivity index (χ4n) is 1.77. The first-order chi connectivity index (χ1) is 5.24. The third-order valence-corrected chi connectivity index (χ3v) is 2.46. The SMILES string of the molecule is CCC1CCCN1CC(N)=S. The van der Waals surface area contributed by atoms with Crippen LogP contribution >= 0.6 is 12.2 Å². The first kappa shape index (κ1) is 8.94. The van der Waals surface area contributed by atoms with Crippen molar-refractivity contribution in [3.05, 3.63) is 0 Å². The van der Waals surface area contributed by atoms with E-state index in [1.54, 1.807) is 0 Å². The standard InChI is InChI=1S/C8H16N2S/c1-2-7-4-3-5-10(7)6-8(9)11/h7H,2-6H2,1H3,(H2,9,11). The maximum absolute atomic E-state index is 5.48. The smallest absolute Gasteiger partial charge is 0.0870 e. The molecular formula is C8H16N2S. The molecule has 0 aromatic carbocycles. The van der Waals surface area contributed by atoms with Gasteiger partial charge in [-0.15, -0.1) is 0 Å². The van der Waals surface area contributed by atoms with Crippen molar-refractivity contribution >= 4 is 17.2 Å². The molecule has 1 rings (SSSR count). The van der Waals surface area contributed by atoms with Crippen molar-refractivity contribution < 1.29 is 0 Å². The predicted molar refractivity (Wildman–Crippen MR) is 51.7 cm³/mol. The van der Waals surface area contributed by atoms with Crippen molar-refractivity contribution in [1.82, 2.24) is 4.90 Å². The van der Waals surface area contributed by atoms with E-state index in [-0.39, 0.29) is 0 Å². The highest BCUT2D eigenvalue weighted by molar-refractivity contribution is 7.80. The summed E-state index contributed by atoms with van der Waals surface area (Å²) in [5, 5.41) is 0. The van der Waals surface area contributed by atoms with Gasteiger partial charge in [-0.1, -0.05) is 19.1 Å². The van der Waals surface area contributed by atoms with Crippen molar-refractivity contribution in [2.24, 2.45) is 5.73 Å². The van der Waals surface area contributed by atoms with Crippen LogP contribution in [-0.2, 0) is 0 Å². The van der Waals surface area contributed by atoms with Crippen LogP contribution in [0.25, 0.3) is 0 Å². The lowest BCUT2D eigenvalue weighted by Crippen LogP contribution is -2.35. The van der Waals surface area contributed by atoms with Gasteiger partial charge in [-0.05, 0) is 25.8 Å². The Morgan fingerprint density at radius 2 is 2.45 bits per heavy atom. The van der Waals surface area contributed by atoms with Crippen LogP contribution in [0.2, 0.25) is 0 Å². The number of rotatable bonds is 3. The minimum absolute atomic E-state index is 0.630. The van der Waals surface area contributed by atoms with Crippen LogP contribution in [0, 0.1) is 0 Å². The van der Waals surface area contributed by atoms with Gasteiger partial charge in [0.05, 0.1) is 4.99 Å². The summed E-state index contributed by atoms with van der Waals surface area (Å²) < 4.78 is 0. The second-order valence-corrected chi connectivity index (χ2v) is 3.67. The number of hydrogen-bond donors (Lipinski definition) is 1. The molecule has 0 bridgehead atoms. The van der Waals surface area contributed by atoms with E-state index >= 15 is 0 Å². The second kappa shape index (κ2) is 4.02. The van der Waals surface area contributed by atoms with E-state index in [4.69, 9.17) is 18.0 Å². The van der Waals surface area contributed by atoms with E-state index in [1.807, 2.05) is 0 Å². The second-order valence-electron chi connectivity index (χ2n) is 3.14. The van der Waals surface area contributed by atoms with Gasteiger partial charge in [0.2, 0.25) is 0 Å². The highest BCUT2D eigenvalue weighted by Gasteiger charge is 2.22. The van der Waals surface area contributed by atoms with E-state index in [0.29, 0.717) is 4.99 Å². The monoisotopic (exact) mass is 172 g/mol. The number of nitrogens with two attached hydrogens (primary N) is 1. The minimum Gasteiger partial charge on any atom is -0.392 e. The van der Waals surface area contributed by atoms with Crippen molar-refractivity contribution in [3.8, 4) is 0 Å². The van der Waals surface area contributed by atoms with E-state index in [9.17, 15) is 0 Å². The largest absolute Gasteiger partial charge is 0.392 e. The molecule has 1 atom stereocenters. The molecule has 0 spiro atoms. The lowest BCUT2D eigenvalue weighted by atomic mass is 10.2. The van der Waals surface area contributed by atoms with Crippen LogP contribution in [0.15, 0.2) is 0 Å². The number of nitrogens with zero attached hydrogens (tertiary/aromatic N) is 1. The molecule has 11 heavy (non-hydrogen) atoms. The summed E-state index contributed by atoms with van der Waals surface area (Å²) >= 11 is 4.87. The summed E-state index contributed by atoms with van der Waals surface area (Å²) in [6.07, 6.45) is 3.85. The summed E-state index contributed by atoms with van der Waals surface area (Å²) in [6.45, 7) is 4.21. The van der Waals surface area contributed by atoms with Gasteiger partial charge in [0.25, 0.3) is 0 Å². The molecule has 0 aromatic heterocycles. The zero-order valence-electron chi connectivity index (χ0n) is 7.05. The quantitative estimate of drug-likeness (QED) is 0.647. The fraction of sp³-hybridized carbons (Fsp3) is 0.875. The van der Waals surface area contributed by atoms with Gasteiger partial charge < -0.3 is 5.73 Å². The van der Waals surface area contributed by atoms with Crippen LogP contribution in [0.3, 0.4) is 0 Å². The Kier molecular flexibility index (Phi) is 3.27. The normalized spacial score (nSPS) is 25.7. The maximum Gasteiger partial charge on any atom is 0.0870 e. The number of thiocarbonyl (C=S) groups is 1. The summed E-state index contributed by atoms with van der Waals surface area (Å²) in [5.41, 5.74) is 5.48. The van der Waals surface area contributed by atoms with Crippen LogP contribution in [0.1, 0.15) is 26.2 Å². The molecule has 2 nitrogen and oxygen atoms in total. The van der Waals surface area contributed by atoms with Crippen LogP contribution in [-0.4, -0.2) is 29.0 Å². The molecule has 1 unspecified atom stereocenters. The lowest BCUT2D eigenvalue weighted by Gasteiger charge is -2.22.